The second-order valence-electron chi connectivity index (χ2n) is 4.60. The molecule has 0 bridgehead atoms. The molecule has 0 aliphatic carbocycles. The summed E-state index contributed by atoms with van der Waals surface area (Å²) in [6, 6.07) is 0. The molecule has 0 heterocycles. The Bertz CT molecular complexity index is 202. The van der Waals surface area contributed by atoms with Crippen LogP contribution in [0.3, 0.4) is 0 Å². The van der Waals surface area contributed by atoms with Gasteiger partial charge in [0.2, 0.25) is 0 Å². The predicted octanol–water partition coefficient (Wildman–Crippen LogP) is 4.90. The van der Waals surface area contributed by atoms with E-state index in [9.17, 15) is 0 Å². The molecule has 0 spiro atoms. The Balaban J connectivity index is 3.85. The van der Waals surface area contributed by atoms with E-state index in [1.807, 2.05) is 0 Å². The molecule has 0 aromatic heterocycles. The topological polar surface area (TPSA) is 0 Å². The fraction of sp³-hybridized carbons (Fsp3) is 1.00. The minimum absolute atomic E-state index is 0.272. The Kier molecular flexibility index (Phi) is 11.3. The highest BCUT2D eigenvalue weighted by atomic mass is 33.1. The molecule has 2 unspecified atom stereocenters. The van der Waals surface area contributed by atoms with Crippen LogP contribution in [0.1, 0.15) is 26.7 Å². The van der Waals surface area contributed by atoms with Crippen LogP contribution in [-0.4, -0.2) is 30.2 Å². The van der Waals surface area contributed by atoms with Crippen molar-refractivity contribution in [3.05, 3.63) is 0 Å². The molecule has 0 aromatic rings. The highest BCUT2D eigenvalue weighted by Gasteiger charge is 2.25. The van der Waals surface area contributed by atoms with Crippen LogP contribution in [0, 0.1) is 0 Å². The van der Waals surface area contributed by atoms with Gasteiger partial charge in [-0.15, -0.1) is 0 Å². The lowest BCUT2D eigenvalue weighted by Gasteiger charge is -2.26. The lowest BCUT2D eigenvalue weighted by Crippen LogP contribution is -2.22. The molecule has 0 N–H and O–H groups in total. The smallest absolute Gasteiger partial charge is 0.0660 e. The first-order chi connectivity index (χ1) is 8.04. The van der Waals surface area contributed by atoms with Gasteiger partial charge in [-0.1, -0.05) is 35.4 Å². The molecule has 0 aromatic carbocycles. The van der Waals surface area contributed by atoms with E-state index >= 15 is 0 Å². The molecule has 0 saturated heterocycles. The van der Waals surface area contributed by atoms with E-state index in [-0.39, 0.29) is 8.16 Å². The second-order valence-corrected chi connectivity index (χ2v) is 13.0. The molecule has 0 nitrogen and oxygen atoms in total. The van der Waals surface area contributed by atoms with E-state index in [0.717, 1.165) is 24.3 Å². The largest absolute Gasteiger partial charge is 0.176 e. The Labute approximate surface area is 153 Å². The van der Waals surface area contributed by atoms with Crippen molar-refractivity contribution in [3.63, 3.8) is 0 Å². The Morgan fingerprint density at radius 1 is 0.778 bits per heavy atom. The Morgan fingerprint density at radius 2 is 1.06 bits per heavy atom. The van der Waals surface area contributed by atoms with E-state index in [0.29, 0.717) is 10.5 Å². The lowest BCUT2D eigenvalue weighted by molar-refractivity contribution is 0.780. The van der Waals surface area contributed by atoms with E-state index in [4.69, 9.17) is 0 Å². The molecular weight excluding hydrogens is 377 g/mol. The summed E-state index contributed by atoms with van der Waals surface area (Å²) in [4.78, 5) is 0. The third-order valence-corrected chi connectivity index (χ3v) is 7.09. The summed E-state index contributed by atoms with van der Waals surface area (Å²) >= 11 is 27.0. The van der Waals surface area contributed by atoms with E-state index in [1.54, 1.807) is 21.6 Å². The normalized spacial score (nSPS) is 16.7. The summed E-state index contributed by atoms with van der Waals surface area (Å²) in [6.45, 7) is 4.12. The standard InChI is InChI=1S/C10H22S8/c1-7(11)3-9(13,14)5-17-18-6-10(15,16)4-8(2)12/h7-8,11-16H,3-6H2,1-2H3. The summed E-state index contributed by atoms with van der Waals surface area (Å²) < 4.78 is -0.545. The Hall–Kier alpha value is 2.80. The minimum atomic E-state index is -0.272. The van der Waals surface area contributed by atoms with Gasteiger partial charge >= 0.3 is 0 Å². The minimum Gasteiger partial charge on any atom is -0.176 e. The molecule has 0 saturated carbocycles. The summed E-state index contributed by atoms with van der Waals surface area (Å²) in [5.74, 6) is 1.73. The maximum atomic E-state index is 4.56. The monoisotopic (exact) mass is 398 g/mol. The maximum absolute atomic E-state index is 4.56. The van der Waals surface area contributed by atoms with Crippen molar-refractivity contribution >= 4 is 97.4 Å². The van der Waals surface area contributed by atoms with Gasteiger partial charge in [-0.2, -0.15) is 75.8 Å². The third-order valence-electron chi connectivity index (χ3n) is 1.91. The van der Waals surface area contributed by atoms with Crippen LogP contribution < -0.4 is 0 Å². The second kappa shape index (κ2) is 9.74. The van der Waals surface area contributed by atoms with Crippen molar-refractivity contribution in [1.29, 1.82) is 0 Å². The lowest BCUT2D eigenvalue weighted by atomic mass is 10.2. The summed E-state index contributed by atoms with van der Waals surface area (Å²) in [5, 5.41) is 0.619. The zero-order valence-electron chi connectivity index (χ0n) is 10.5. The molecule has 0 fully saturated rings. The average molecular weight is 399 g/mol. The quantitative estimate of drug-likeness (QED) is 0.142. The SMILES string of the molecule is CC(S)CC(S)(S)CSSCC(S)(S)CC(C)S. The van der Waals surface area contributed by atoms with Gasteiger partial charge in [0, 0.05) is 22.0 Å². The summed E-state index contributed by atoms with van der Waals surface area (Å²) in [7, 11) is 3.53. The average Bonchev–Trinajstić information content (AvgIpc) is 2.08. The van der Waals surface area contributed by atoms with Crippen molar-refractivity contribution in [2.75, 3.05) is 11.5 Å². The molecular formula is C10H22S8. The molecule has 0 radical (unpaired) electrons. The van der Waals surface area contributed by atoms with Crippen molar-refractivity contribution in [2.24, 2.45) is 0 Å². The van der Waals surface area contributed by atoms with Crippen LogP contribution in [0.2, 0.25) is 0 Å². The van der Waals surface area contributed by atoms with Gasteiger partial charge in [-0.05, 0) is 12.8 Å². The van der Waals surface area contributed by atoms with Crippen LogP contribution in [0.25, 0.3) is 0 Å². The van der Waals surface area contributed by atoms with Crippen LogP contribution >= 0.6 is 97.4 Å². The number of rotatable bonds is 9. The highest BCUT2D eigenvalue weighted by Crippen LogP contribution is 2.40. The predicted molar refractivity (Wildman–Crippen MR) is 112 cm³/mol. The molecule has 18 heavy (non-hydrogen) atoms. The summed E-state index contributed by atoms with van der Waals surface area (Å²) in [6.07, 6.45) is 1.74. The van der Waals surface area contributed by atoms with Gasteiger partial charge < -0.3 is 0 Å². The van der Waals surface area contributed by atoms with Gasteiger partial charge in [0.25, 0.3) is 0 Å². The fourth-order valence-corrected chi connectivity index (χ4v) is 7.94. The highest BCUT2D eigenvalue weighted by molar-refractivity contribution is 8.77. The van der Waals surface area contributed by atoms with Crippen molar-refractivity contribution in [2.45, 2.75) is 45.3 Å². The van der Waals surface area contributed by atoms with E-state index in [1.165, 1.54) is 0 Å². The third kappa shape index (κ3) is 12.5. The summed E-state index contributed by atoms with van der Waals surface area (Å²) in [5.41, 5.74) is 0. The van der Waals surface area contributed by atoms with Gasteiger partial charge in [0.05, 0.1) is 8.16 Å². The van der Waals surface area contributed by atoms with Crippen LogP contribution in [0.15, 0.2) is 0 Å². The van der Waals surface area contributed by atoms with E-state index < -0.39 is 0 Å². The molecule has 0 amide bonds. The molecule has 110 valence electrons. The zero-order chi connectivity index (χ0) is 14.4. The van der Waals surface area contributed by atoms with Gasteiger partial charge in [-0.25, -0.2) is 0 Å². The van der Waals surface area contributed by atoms with Crippen molar-refractivity contribution < 1.29 is 0 Å². The van der Waals surface area contributed by atoms with Crippen molar-refractivity contribution in [3.8, 4) is 0 Å². The first-order valence-corrected chi connectivity index (χ1v) is 10.8. The fourth-order valence-electron chi connectivity index (χ4n) is 1.34. The number of hydrogen-bond donors (Lipinski definition) is 6. The number of thiol groups is 6. The van der Waals surface area contributed by atoms with Crippen LogP contribution in [0.5, 0.6) is 0 Å². The molecule has 0 aliphatic heterocycles. The van der Waals surface area contributed by atoms with E-state index in [2.05, 4.69) is 89.6 Å². The van der Waals surface area contributed by atoms with Gasteiger partial charge in [-0.3, -0.25) is 0 Å². The van der Waals surface area contributed by atoms with Gasteiger partial charge in [0.15, 0.2) is 0 Å². The first kappa shape index (κ1) is 20.8. The van der Waals surface area contributed by atoms with Gasteiger partial charge in [0.1, 0.15) is 0 Å². The molecule has 8 heteroatoms. The molecule has 0 rings (SSSR count). The Morgan fingerprint density at radius 3 is 1.28 bits per heavy atom. The van der Waals surface area contributed by atoms with Crippen molar-refractivity contribution in [1.82, 2.24) is 0 Å². The zero-order valence-corrected chi connectivity index (χ0v) is 17.5. The van der Waals surface area contributed by atoms with Crippen LogP contribution in [-0.2, 0) is 0 Å². The first-order valence-electron chi connectivity index (χ1n) is 5.54. The molecule has 0 aliphatic rings. The number of hydrogen-bond acceptors (Lipinski definition) is 8. The van der Waals surface area contributed by atoms with Crippen LogP contribution in [0.4, 0.5) is 0 Å². The molecule has 2 atom stereocenters. The maximum Gasteiger partial charge on any atom is 0.0660 e.